The van der Waals surface area contributed by atoms with Crippen LogP contribution in [0.2, 0.25) is 0 Å². The number of carbonyl (C=O) groups is 1. The van der Waals surface area contributed by atoms with Crippen molar-refractivity contribution in [1.29, 1.82) is 0 Å². The summed E-state index contributed by atoms with van der Waals surface area (Å²) in [5, 5.41) is 1.91. The van der Waals surface area contributed by atoms with Crippen molar-refractivity contribution in [2.45, 2.75) is 16.9 Å². The van der Waals surface area contributed by atoms with Gasteiger partial charge in [-0.15, -0.1) is 11.6 Å². The highest BCUT2D eigenvalue weighted by atomic mass is 35.5. The van der Waals surface area contributed by atoms with Gasteiger partial charge in [0, 0.05) is 0 Å². The van der Waals surface area contributed by atoms with Gasteiger partial charge in [-0.3, -0.25) is 5.32 Å². The van der Waals surface area contributed by atoms with Crippen LogP contribution in [0.1, 0.15) is 0 Å². The summed E-state index contributed by atoms with van der Waals surface area (Å²) in [6, 6.07) is 6.06. The summed E-state index contributed by atoms with van der Waals surface area (Å²) in [5.41, 5.74) is 0. The van der Waals surface area contributed by atoms with Gasteiger partial charge in [0.05, 0.1) is 0 Å². The van der Waals surface area contributed by atoms with Crippen molar-refractivity contribution >= 4 is 34.6 Å². The van der Waals surface area contributed by atoms with E-state index in [1.807, 2.05) is 0 Å². The van der Waals surface area contributed by atoms with Gasteiger partial charge < -0.3 is 4.74 Å². The van der Waals surface area contributed by atoms with Crippen molar-refractivity contribution in [2.24, 2.45) is 4.99 Å². The van der Waals surface area contributed by atoms with E-state index < -0.39 is 23.0 Å². The van der Waals surface area contributed by atoms with Crippen molar-refractivity contribution in [1.82, 2.24) is 5.32 Å². The molecule has 2 unspecified atom stereocenters. The summed E-state index contributed by atoms with van der Waals surface area (Å²) in [6.45, 7) is 0. The van der Waals surface area contributed by atoms with E-state index >= 15 is 0 Å². The van der Waals surface area contributed by atoms with E-state index in [4.69, 9.17) is 16.3 Å². The van der Waals surface area contributed by atoms with Crippen LogP contribution in [0.3, 0.4) is 0 Å². The Morgan fingerprint density at radius 1 is 1.35 bits per heavy atom. The molecule has 0 radical (unpaired) electrons. The minimum absolute atomic E-state index is 0.215. The Hall–Kier alpha value is -1.41. The summed E-state index contributed by atoms with van der Waals surface area (Å²) >= 11 is 6.16. The molecule has 1 aliphatic rings. The zero-order valence-electron chi connectivity index (χ0n) is 9.73. The number of nitrogens with zero attached hydrogens (tertiary/aromatic N) is 1. The third-order valence-electron chi connectivity index (χ3n) is 2.23. The normalized spacial score (nSPS) is 22.3. The third kappa shape index (κ3) is 3.80. The number of carbonyl (C=O) groups excluding carboxylic acids is 1. The number of benzene rings is 1. The molecule has 1 amide bonds. The molecule has 2 rings (SSSR count). The van der Waals surface area contributed by atoms with Gasteiger partial charge in [0.1, 0.15) is 10.5 Å². The van der Waals surface area contributed by atoms with E-state index in [1.165, 1.54) is 12.1 Å². The van der Waals surface area contributed by atoms with E-state index in [0.717, 1.165) is 0 Å². The maximum absolute atomic E-state index is 12.5. The Bertz CT molecular complexity index is 524. The van der Waals surface area contributed by atoms with Crippen molar-refractivity contribution in [3.63, 3.8) is 0 Å². The van der Waals surface area contributed by atoms with Gasteiger partial charge >= 0.3 is 12.3 Å². The predicted molar refractivity (Wildman–Crippen MR) is 70.1 cm³/mol. The number of aliphatic imine (C=N–C) groups is 1. The summed E-state index contributed by atoms with van der Waals surface area (Å²) < 4.78 is 41.1. The van der Waals surface area contributed by atoms with Gasteiger partial charge in [-0.2, -0.15) is 13.2 Å². The van der Waals surface area contributed by atoms with E-state index in [-0.39, 0.29) is 10.9 Å². The molecule has 9 heteroatoms. The van der Waals surface area contributed by atoms with Gasteiger partial charge in [-0.25, -0.2) is 9.79 Å². The SMILES string of the molecule is O=C(NC1=NC(C(F)(F)F)C(Cl)S1)Oc1ccccc1. The lowest BCUT2D eigenvalue weighted by Crippen LogP contribution is -2.31. The number of thioether (sulfide) groups is 1. The molecule has 2 atom stereocenters. The Morgan fingerprint density at radius 2 is 2.00 bits per heavy atom. The minimum Gasteiger partial charge on any atom is -0.410 e. The van der Waals surface area contributed by atoms with Gasteiger partial charge in [0.15, 0.2) is 11.2 Å². The fourth-order valence-corrected chi connectivity index (χ4v) is 2.70. The number of amidine groups is 1. The molecule has 0 saturated heterocycles. The Morgan fingerprint density at radius 3 is 2.55 bits per heavy atom. The third-order valence-corrected chi connectivity index (χ3v) is 3.65. The Kier molecular flexibility index (Phi) is 4.44. The molecule has 4 nitrogen and oxygen atoms in total. The van der Waals surface area contributed by atoms with Gasteiger partial charge in [0.25, 0.3) is 0 Å². The number of para-hydroxylation sites is 1. The van der Waals surface area contributed by atoms with Crippen molar-refractivity contribution in [2.75, 3.05) is 0 Å². The number of alkyl halides is 4. The molecule has 1 aromatic carbocycles. The molecule has 0 bridgehead atoms. The molecule has 1 N–H and O–H groups in total. The van der Waals surface area contributed by atoms with E-state index in [9.17, 15) is 18.0 Å². The number of ether oxygens (including phenoxy) is 1. The second-order valence-electron chi connectivity index (χ2n) is 3.72. The molecule has 0 aromatic heterocycles. The fraction of sp³-hybridized carbons (Fsp3) is 0.273. The zero-order chi connectivity index (χ0) is 14.8. The number of hydrogen-bond acceptors (Lipinski definition) is 4. The van der Waals surface area contributed by atoms with Crippen LogP contribution in [-0.2, 0) is 0 Å². The highest BCUT2D eigenvalue weighted by Gasteiger charge is 2.48. The zero-order valence-corrected chi connectivity index (χ0v) is 11.3. The molecule has 108 valence electrons. The second kappa shape index (κ2) is 5.92. The van der Waals surface area contributed by atoms with Crippen LogP contribution in [0.25, 0.3) is 0 Å². The van der Waals surface area contributed by atoms with Crippen LogP contribution < -0.4 is 10.1 Å². The van der Waals surface area contributed by atoms with Crippen molar-refractivity contribution in [3.05, 3.63) is 30.3 Å². The fourth-order valence-electron chi connectivity index (χ4n) is 1.38. The second-order valence-corrected chi connectivity index (χ2v) is 5.58. The average molecular weight is 325 g/mol. The Labute approximate surface area is 121 Å². The first-order valence-electron chi connectivity index (χ1n) is 5.35. The van der Waals surface area contributed by atoms with Gasteiger partial charge in [0.2, 0.25) is 0 Å². The lowest BCUT2D eigenvalue weighted by Gasteiger charge is -2.13. The van der Waals surface area contributed by atoms with Crippen LogP contribution >= 0.6 is 23.4 Å². The first kappa shape index (κ1) is 15.0. The first-order valence-corrected chi connectivity index (χ1v) is 6.67. The molecule has 0 saturated carbocycles. The number of hydrogen-bond donors (Lipinski definition) is 1. The predicted octanol–water partition coefficient (Wildman–Crippen LogP) is 3.37. The van der Waals surface area contributed by atoms with E-state index in [1.54, 1.807) is 18.2 Å². The molecular weight excluding hydrogens is 317 g/mol. The highest BCUT2D eigenvalue weighted by molar-refractivity contribution is 8.15. The molecule has 0 fully saturated rings. The van der Waals surface area contributed by atoms with Crippen LogP contribution in [-0.4, -0.2) is 28.2 Å². The van der Waals surface area contributed by atoms with Crippen LogP contribution in [0.4, 0.5) is 18.0 Å². The smallest absolute Gasteiger partial charge is 0.410 e. The van der Waals surface area contributed by atoms with Crippen molar-refractivity contribution < 1.29 is 22.7 Å². The highest BCUT2D eigenvalue weighted by Crippen LogP contribution is 2.38. The van der Waals surface area contributed by atoms with E-state index in [0.29, 0.717) is 11.8 Å². The summed E-state index contributed by atoms with van der Waals surface area (Å²) in [7, 11) is 0. The topological polar surface area (TPSA) is 50.7 Å². The standard InChI is InChI=1S/C11H8ClF3N2O2S/c12-8-7(11(13,14)15)16-9(20-8)17-10(18)19-6-4-2-1-3-5-6/h1-5,7-8H,(H,16,17,18). The molecular formula is C11H8ClF3N2O2S. The Balaban J connectivity index is 1.96. The molecule has 0 spiro atoms. The maximum Gasteiger partial charge on any atom is 0.418 e. The van der Waals surface area contributed by atoms with Gasteiger partial charge in [-0.05, 0) is 12.1 Å². The van der Waals surface area contributed by atoms with E-state index in [2.05, 4.69) is 10.3 Å². The number of nitrogens with one attached hydrogen (secondary N) is 1. The van der Waals surface area contributed by atoms with Crippen LogP contribution in [0.5, 0.6) is 5.75 Å². The maximum atomic E-state index is 12.5. The first-order chi connectivity index (χ1) is 9.36. The molecule has 0 aliphatic carbocycles. The van der Waals surface area contributed by atoms with Gasteiger partial charge in [-0.1, -0.05) is 30.0 Å². The summed E-state index contributed by atoms with van der Waals surface area (Å²) in [6.07, 6.45) is -5.47. The monoisotopic (exact) mass is 324 g/mol. The lowest BCUT2D eigenvalue weighted by molar-refractivity contribution is -0.142. The largest absolute Gasteiger partial charge is 0.418 e. The molecule has 1 aromatic rings. The molecule has 1 heterocycles. The quantitative estimate of drug-likeness (QED) is 0.806. The van der Waals surface area contributed by atoms with Crippen molar-refractivity contribution in [3.8, 4) is 5.75 Å². The van der Waals surface area contributed by atoms with Crippen LogP contribution in [0, 0.1) is 0 Å². The minimum atomic E-state index is -4.55. The number of rotatable bonds is 1. The lowest BCUT2D eigenvalue weighted by atomic mass is 10.3. The molecule has 1 aliphatic heterocycles. The molecule has 20 heavy (non-hydrogen) atoms. The average Bonchev–Trinajstić information content (AvgIpc) is 2.71. The number of amides is 1. The summed E-state index contributed by atoms with van der Waals surface area (Å²) in [4.78, 5) is 14.8. The van der Waals surface area contributed by atoms with Crippen LogP contribution in [0.15, 0.2) is 35.3 Å². The summed E-state index contributed by atoms with van der Waals surface area (Å²) in [5.74, 6) is 0.267. The number of halogens is 4.